The molecule has 1 atom stereocenters. The van der Waals surface area contributed by atoms with Crippen LogP contribution in [0, 0.1) is 11.3 Å². The van der Waals surface area contributed by atoms with Crippen molar-refractivity contribution in [2.75, 3.05) is 0 Å². The molecule has 0 saturated heterocycles. The van der Waals surface area contributed by atoms with Crippen molar-refractivity contribution in [3.63, 3.8) is 0 Å². The summed E-state index contributed by atoms with van der Waals surface area (Å²) in [4.78, 5) is 10.7. The maximum absolute atomic E-state index is 10.7. The summed E-state index contributed by atoms with van der Waals surface area (Å²) in [5.41, 5.74) is 5.20. The Labute approximate surface area is 66.6 Å². The molecule has 0 radical (unpaired) electrons. The predicted octanol–water partition coefficient (Wildman–Crippen LogP) is 0.834. The molecular weight excluding hydrogens is 142 g/mol. The van der Waals surface area contributed by atoms with Crippen LogP contribution in [0.1, 0.15) is 26.7 Å². The minimum Gasteiger partial charge on any atom is -0.481 e. The molecule has 3 nitrogen and oxygen atoms in total. The van der Waals surface area contributed by atoms with Crippen LogP contribution in [-0.2, 0) is 4.79 Å². The highest BCUT2D eigenvalue weighted by Gasteiger charge is 2.55. The van der Waals surface area contributed by atoms with Crippen LogP contribution in [-0.4, -0.2) is 17.1 Å². The molecule has 11 heavy (non-hydrogen) atoms. The summed E-state index contributed by atoms with van der Waals surface area (Å²) in [6, 6.07) is -0.181. The Kier molecular flexibility index (Phi) is 1.92. The standard InChI is InChI=1S/C8H15NO2/c1-5(2)6(9)8(3-4-8)7(10)11/h5-6H,3-4,9H2,1-2H3,(H,10,11). The second-order valence-corrected chi connectivity index (χ2v) is 3.73. The number of hydrogen-bond donors (Lipinski definition) is 2. The first-order valence-electron chi connectivity index (χ1n) is 3.99. The normalized spacial score (nSPS) is 23.3. The smallest absolute Gasteiger partial charge is 0.311 e. The van der Waals surface area contributed by atoms with Gasteiger partial charge in [0.15, 0.2) is 0 Å². The maximum atomic E-state index is 10.7. The summed E-state index contributed by atoms with van der Waals surface area (Å²) in [6.45, 7) is 3.93. The molecule has 0 aromatic rings. The first kappa shape index (κ1) is 8.53. The van der Waals surface area contributed by atoms with E-state index in [1.807, 2.05) is 13.8 Å². The summed E-state index contributed by atoms with van der Waals surface area (Å²) < 4.78 is 0. The Morgan fingerprint density at radius 1 is 1.55 bits per heavy atom. The number of nitrogens with two attached hydrogens (primary N) is 1. The number of aliphatic carboxylic acids is 1. The Hall–Kier alpha value is -0.570. The average molecular weight is 157 g/mol. The van der Waals surface area contributed by atoms with Crippen molar-refractivity contribution in [1.29, 1.82) is 0 Å². The zero-order valence-electron chi connectivity index (χ0n) is 7.00. The Balaban J connectivity index is 2.65. The van der Waals surface area contributed by atoms with Gasteiger partial charge in [0.25, 0.3) is 0 Å². The Morgan fingerprint density at radius 2 is 2.00 bits per heavy atom. The van der Waals surface area contributed by atoms with Gasteiger partial charge in [-0.05, 0) is 18.8 Å². The second kappa shape index (κ2) is 2.48. The molecule has 3 N–H and O–H groups in total. The van der Waals surface area contributed by atoms with E-state index in [0.29, 0.717) is 0 Å². The van der Waals surface area contributed by atoms with E-state index >= 15 is 0 Å². The van der Waals surface area contributed by atoms with Crippen LogP contribution in [0.2, 0.25) is 0 Å². The van der Waals surface area contributed by atoms with Crippen LogP contribution in [0.15, 0.2) is 0 Å². The van der Waals surface area contributed by atoms with E-state index in [-0.39, 0.29) is 12.0 Å². The molecule has 0 heterocycles. The third-order valence-electron chi connectivity index (χ3n) is 2.57. The molecule has 1 fully saturated rings. The number of carbonyl (C=O) groups is 1. The number of hydrogen-bond acceptors (Lipinski definition) is 2. The Morgan fingerprint density at radius 3 is 2.09 bits per heavy atom. The molecule has 0 spiro atoms. The molecule has 0 bridgehead atoms. The van der Waals surface area contributed by atoms with Gasteiger partial charge in [-0.1, -0.05) is 13.8 Å². The van der Waals surface area contributed by atoms with Crippen LogP contribution < -0.4 is 5.73 Å². The summed E-state index contributed by atoms with van der Waals surface area (Å²) in [5, 5.41) is 8.84. The quantitative estimate of drug-likeness (QED) is 0.638. The highest BCUT2D eigenvalue weighted by atomic mass is 16.4. The van der Waals surface area contributed by atoms with Gasteiger partial charge in [0, 0.05) is 6.04 Å². The summed E-state index contributed by atoms with van der Waals surface area (Å²) in [5.74, 6) is -0.465. The van der Waals surface area contributed by atoms with Gasteiger partial charge in [0.2, 0.25) is 0 Å². The maximum Gasteiger partial charge on any atom is 0.311 e. The van der Waals surface area contributed by atoms with Crippen LogP contribution in [0.4, 0.5) is 0 Å². The van der Waals surface area contributed by atoms with Crippen molar-refractivity contribution in [2.45, 2.75) is 32.7 Å². The fourth-order valence-electron chi connectivity index (χ4n) is 1.46. The lowest BCUT2D eigenvalue weighted by Crippen LogP contribution is -2.41. The minimum atomic E-state index is -0.723. The molecular formula is C8H15NO2. The van der Waals surface area contributed by atoms with Crippen LogP contribution in [0.3, 0.4) is 0 Å². The van der Waals surface area contributed by atoms with E-state index in [1.165, 1.54) is 0 Å². The molecule has 64 valence electrons. The van der Waals surface area contributed by atoms with Gasteiger partial charge >= 0.3 is 5.97 Å². The van der Waals surface area contributed by atoms with Gasteiger partial charge in [0.1, 0.15) is 0 Å². The van der Waals surface area contributed by atoms with Gasteiger partial charge in [-0.2, -0.15) is 0 Å². The lowest BCUT2D eigenvalue weighted by molar-refractivity contribution is -0.144. The van der Waals surface area contributed by atoms with E-state index in [1.54, 1.807) is 0 Å². The number of rotatable bonds is 3. The zero-order chi connectivity index (χ0) is 8.65. The fourth-order valence-corrected chi connectivity index (χ4v) is 1.46. The zero-order valence-corrected chi connectivity index (χ0v) is 7.00. The first-order valence-corrected chi connectivity index (χ1v) is 3.99. The van der Waals surface area contributed by atoms with E-state index in [2.05, 4.69) is 0 Å². The number of carboxylic acid groups (broad SMARTS) is 1. The SMILES string of the molecule is CC(C)C(N)C1(C(=O)O)CC1. The van der Waals surface area contributed by atoms with Crippen molar-refractivity contribution in [2.24, 2.45) is 17.1 Å². The van der Waals surface area contributed by atoms with Gasteiger partial charge < -0.3 is 10.8 Å². The second-order valence-electron chi connectivity index (χ2n) is 3.73. The molecule has 0 aromatic carbocycles. The molecule has 1 saturated carbocycles. The summed E-state index contributed by atoms with van der Waals surface area (Å²) in [6.07, 6.45) is 1.50. The fraction of sp³-hybridized carbons (Fsp3) is 0.875. The summed E-state index contributed by atoms with van der Waals surface area (Å²) >= 11 is 0. The van der Waals surface area contributed by atoms with Crippen LogP contribution in [0.25, 0.3) is 0 Å². The van der Waals surface area contributed by atoms with Crippen LogP contribution in [0.5, 0.6) is 0 Å². The molecule has 1 aliphatic rings. The van der Waals surface area contributed by atoms with Gasteiger partial charge in [-0.25, -0.2) is 0 Å². The van der Waals surface area contributed by atoms with E-state index in [9.17, 15) is 4.79 Å². The molecule has 0 aromatic heterocycles. The number of carboxylic acids is 1. The average Bonchev–Trinajstić information content (AvgIpc) is 2.65. The lowest BCUT2D eigenvalue weighted by atomic mass is 9.88. The molecule has 0 aliphatic heterocycles. The topological polar surface area (TPSA) is 63.3 Å². The van der Waals surface area contributed by atoms with Crippen molar-refractivity contribution in [1.82, 2.24) is 0 Å². The molecule has 1 rings (SSSR count). The van der Waals surface area contributed by atoms with E-state index in [4.69, 9.17) is 10.8 Å². The lowest BCUT2D eigenvalue weighted by Gasteiger charge is -2.22. The van der Waals surface area contributed by atoms with Crippen molar-refractivity contribution in [3.05, 3.63) is 0 Å². The van der Waals surface area contributed by atoms with Gasteiger partial charge in [-0.3, -0.25) is 4.79 Å². The molecule has 3 heteroatoms. The largest absolute Gasteiger partial charge is 0.481 e. The minimum absolute atomic E-state index is 0.181. The third kappa shape index (κ3) is 1.25. The van der Waals surface area contributed by atoms with E-state index < -0.39 is 11.4 Å². The van der Waals surface area contributed by atoms with Gasteiger partial charge in [0.05, 0.1) is 5.41 Å². The van der Waals surface area contributed by atoms with Crippen molar-refractivity contribution >= 4 is 5.97 Å². The van der Waals surface area contributed by atoms with E-state index in [0.717, 1.165) is 12.8 Å². The first-order chi connectivity index (χ1) is 5.00. The molecule has 0 amide bonds. The molecule has 1 aliphatic carbocycles. The van der Waals surface area contributed by atoms with Crippen LogP contribution >= 0.6 is 0 Å². The predicted molar refractivity (Wildman–Crippen MR) is 42.1 cm³/mol. The third-order valence-corrected chi connectivity index (χ3v) is 2.57. The van der Waals surface area contributed by atoms with Crippen molar-refractivity contribution in [3.8, 4) is 0 Å². The van der Waals surface area contributed by atoms with Crippen molar-refractivity contribution < 1.29 is 9.90 Å². The monoisotopic (exact) mass is 157 g/mol. The summed E-state index contributed by atoms with van der Waals surface area (Å²) in [7, 11) is 0. The van der Waals surface area contributed by atoms with Gasteiger partial charge in [-0.15, -0.1) is 0 Å². The highest BCUT2D eigenvalue weighted by molar-refractivity contribution is 5.78. The molecule has 1 unspecified atom stereocenters. The Bertz CT molecular complexity index is 173. The highest BCUT2D eigenvalue weighted by Crippen LogP contribution is 2.49.